The molecule has 82 valence electrons. The third-order valence-electron chi connectivity index (χ3n) is 2.28. The van der Waals surface area contributed by atoms with E-state index >= 15 is 0 Å². The van der Waals surface area contributed by atoms with E-state index in [0.717, 1.165) is 5.56 Å². The van der Waals surface area contributed by atoms with Gasteiger partial charge in [-0.05, 0) is 11.6 Å². The van der Waals surface area contributed by atoms with Crippen LogP contribution in [0, 0.1) is 0 Å². The fourth-order valence-electron chi connectivity index (χ4n) is 1.43. The molecule has 0 bridgehead atoms. The molecular weight excluding hydrogens is 202 g/mol. The summed E-state index contributed by atoms with van der Waals surface area (Å²) in [6.07, 6.45) is 3.56. The molecule has 1 aromatic carbocycles. The third-order valence-corrected chi connectivity index (χ3v) is 2.28. The summed E-state index contributed by atoms with van der Waals surface area (Å²) >= 11 is 0. The first-order valence-corrected chi connectivity index (χ1v) is 5.09. The zero-order valence-electron chi connectivity index (χ0n) is 9.09. The number of aromatic nitrogens is 1. The molecule has 0 aliphatic heterocycles. The minimum absolute atomic E-state index is 0.288. The summed E-state index contributed by atoms with van der Waals surface area (Å²) in [5.41, 5.74) is 1.57. The Hall–Kier alpha value is -2.03. The van der Waals surface area contributed by atoms with Crippen LogP contribution < -0.4 is 0 Å². The average Bonchev–Trinajstić information content (AvgIpc) is 2.74. The summed E-state index contributed by atoms with van der Waals surface area (Å²) < 4.78 is 6.99. The molecule has 0 amide bonds. The Morgan fingerprint density at radius 2 is 2.00 bits per heavy atom. The summed E-state index contributed by atoms with van der Waals surface area (Å²) in [5.74, 6) is -0.288. The molecule has 0 radical (unpaired) electrons. The Balaban J connectivity index is 1.94. The second kappa shape index (κ2) is 4.66. The SMILES string of the molecule is Cn1ccc(C(=O)OCc2ccccc2)c1. The number of carbonyl (C=O) groups excluding carboxylic acids is 1. The molecule has 1 aromatic heterocycles. The van der Waals surface area contributed by atoms with Gasteiger partial charge in [-0.3, -0.25) is 0 Å². The number of hydrogen-bond acceptors (Lipinski definition) is 2. The lowest BCUT2D eigenvalue weighted by Crippen LogP contribution is -2.04. The first kappa shape index (κ1) is 10.5. The van der Waals surface area contributed by atoms with Crippen molar-refractivity contribution in [3.8, 4) is 0 Å². The molecule has 1 heterocycles. The smallest absolute Gasteiger partial charge is 0.340 e. The van der Waals surface area contributed by atoms with Gasteiger partial charge in [0, 0.05) is 19.4 Å². The zero-order chi connectivity index (χ0) is 11.4. The second-order valence-corrected chi connectivity index (χ2v) is 3.63. The van der Waals surface area contributed by atoms with E-state index in [-0.39, 0.29) is 5.97 Å². The van der Waals surface area contributed by atoms with E-state index in [2.05, 4.69) is 0 Å². The van der Waals surface area contributed by atoms with Crippen LogP contribution in [-0.4, -0.2) is 10.5 Å². The molecule has 2 rings (SSSR count). The molecule has 3 heteroatoms. The van der Waals surface area contributed by atoms with Crippen LogP contribution in [0.1, 0.15) is 15.9 Å². The molecular formula is C13H13NO2. The minimum atomic E-state index is -0.288. The van der Waals surface area contributed by atoms with Crippen molar-refractivity contribution in [2.75, 3.05) is 0 Å². The highest BCUT2D eigenvalue weighted by Crippen LogP contribution is 2.06. The molecule has 0 saturated heterocycles. The van der Waals surface area contributed by atoms with Crippen molar-refractivity contribution in [1.82, 2.24) is 4.57 Å². The lowest BCUT2D eigenvalue weighted by molar-refractivity contribution is 0.0472. The predicted octanol–water partition coefficient (Wildman–Crippen LogP) is 2.38. The number of aryl methyl sites for hydroxylation is 1. The van der Waals surface area contributed by atoms with Crippen molar-refractivity contribution in [2.24, 2.45) is 7.05 Å². The quantitative estimate of drug-likeness (QED) is 0.736. The van der Waals surface area contributed by atoms with Crippen molar-refractivity contribution in [3.63, 3.8) is 0 Å². The first-order valence-electron chi connectivity index (χ1n) is 5.09. The van der Waals surface area contributed by atoms with E-state index in [4.69, 9.17) is 4.74 Å². The van der Waals surface area contributed by atoms with Gasteiger partial charge in [0.25, 0.3) is 0 Å². The monoisotopic (exact) mass is 215 g/mol. The Kier molecular flexibility index (Phi) is 3.05. The van der Waals surface area contributed by atoms with Crippen LogP contribution >= 0.6 is 0 Å². The number of ether oxygens (including phenoxy) is 1. The summed E-state index contributed by atoms with van der Waals surface area (Å²) in [4.78, 5) is 11.6. The van der Waals surface area contributed by atoms with Crippen LogP contribution in [0.15, 0.2) is 48.8 Å². The normalized spacial score (nSPS) is 10.1. The molecule has 0 fully saturated rings. The van der Waals surface area contributed by atoms with Crippen LogP contribution in [0.2, 0.25) is 0 Å². The van der Waals surface area contributed by atoms with Gasteiger partial charge in [-0.25, -0.2) is 4.79 Å². The standard InChI is InChI=1S/C13H13NO2/c1-14-8-7-12(9-14)13(15)16-10-11-5-3-2-4-6-11/h2-9H,10H2,1H3. The zero-order valence-corrected chi connectivity index (χ0v) is 9.09. The lowest BCUT2D eigenvalue weighted by Gasteiger charge is -2.02. The van der Waals surface area contributed by atoms with E-state index in [1.165, 1.54) is 0 Å². The molecule has 2 aromatic rings. The minimum Gasteiger partial charge on any atom is -0.457 e. The maximum atomic E-state index is 11.6. The predicted molar refractivity (Wildman–Crippen MR) is 61.0 cm³/mol. The van der Waals surface area contributed by atoms with Gasteiger partial charge < -0.3 is 9.30 Å². The number of esters is 1. The molecule has 0 aliphatic carbocycles. The number of hydrogen-bond donors (Lipinski definition) is 0. The summed E-state index contributed by atoms with van der Waals surface area (Å²) in [6, 6.07) is 11.4. The van der Waals surface area contributed by atoms with Gasteiger partial charge >= 0.3 is 5.97 Å². The fourth-order valence-corrected chi connectivity index (χ4v) is 1.43. The summed E-state index contributed by atoms with van der Waals surface area (Å²) in [5, 5.41) is 0. The first-order chi connectivity index (χ1) is 7.75. The van der Waals surface area contributed by atoms with Crippen molar-refractivity contribution in [2.45, 2.75) is 6.61 Å². The topological polar surface area (TPSA) is 31.2 Å². The molecule has 0 unspecified atom stereocenters. The highest BCUT2D eigenvalue weighted by atomic mass is 16.5. The van der Waals surface area contributed by atoms with Gasteiger partial charge in [-0.2, -0.15) is 0 Å². The summed E-state index contributed by atoms with van der Waals surface area (Å²) in [6.45, 7) is 0.314. The van der Waals surface area contributed by atoms with Gasteiger partial charge in [-0.1, -0.05) is 30.3 Å². The molecule has 0 spiro atoms. The Labute approximate surface area is 94.3 Å². The van der Waals surface area contributed by atoms with Crippen LogP contribution in [0.5, 0.6) is 0 Å². The van der Waals surface area contributed by atoms with E-state index in [0.29, 0.717) is 12.2 Å². The number of carbonyl (C=O) groups is 1. The van der Waals surface area contributed by atoms with Gasteiger partial charge in [0.2, 0.25) is 0 Å². The highest BCUT2D eigenvalue weighted by molar-refractivity contribution is 5.89. The van der Waals surface area contributed by atoms with E-state index in [1.54, 1.807) is 12.3 Å². The molecule has 16 heavy (non-hydrogen) atoms. The van der Waals surface area contributed by atoms with Gasteiger partial charge in [0.05, 0.1) is 5.56 Å². The van der Waals surface area contributed by atoms with Crippen molar-refractivity contribution in [1.29, 1.82) is 0 Å². The molecule has 0 saturated carbocycles. The molecule has 0 aliphatic rings. The lowest BCUT2D eigenvalue weighted by atomic mass is 10.2. The third kappa shape index (κ3) is 2.51. The molecule has 0 N–H and O–H groups in total. The number of benzene rings is 1. The van der Waals surface area contributed by atoms with Crippen LogP contribution in [-0.2, 0) is 18.4 Å². The van der Waals surface area contributed by atoms with E-state index in [9.17, 15) is 4.79 Å². The Morgan fingerprint density at radius 1 is 1.25 bits per heavy atom. The van der Waals surface area contributed by atoms with Gasteiger partial charge in [0.1, 0.15) is 6.61 Å². The van der Waals surface area contributed by atoms with Gasteiger partial charge in [-0.15, -0.1) is 0 Å². The highest BCUT2D eigenvalue weighted by Gasteiger charge is 2.07. The Bertz CT molecular complexity index is 474. The van der Waals surface area contributed by atoms with Crippen molar-refractivity contribution in [3.05, 3.63) is 59.9 Å². The molecule has 0 atom stereocenters. The van der Waals surface area contributed by atoms with Gasteiger partial charge in [0.15, 0.2) is 0 Å². The van der Waals surface area contributed by atoms with Crippen LogP contribution in [0.3, 0.4) is 0 Å². The molecule has 3 nitrogen and oxygen atoms in total. The number of nitrogens with zero attached hydrogens (tertiary/aromatic N) is 1. The summed E-state index contributed by atoms with van der Waals surface area (Å²) in [7, 11) is 1.87. The van der Waals surface area contributed by atoms with Crippen LogP contribution in [0.4, 0.5) is 0 Å². The average molecular weight is 215 g/mol. The van der Waals surface area contributed by atoms with Crippen molar-refractivity contribution >= 4 is 5.97 Å². The Morgan fingerprint density at radius 3 is 2.62 bits per heavy atom. The maximum Gasteiger partial charge on any atom is 0.340 e. The maximum absolute atomic E-state index is 11.6. The fraction of sp³-hybridized carbons (Fsp3) is 0.154. The second-order valence-electron chi connectivity index (χ2n) is 3.63. The number of rotatable bonds is 3. The van der Waals surface area contributed by atoms with Crippen LogP contribution in [0.25, 0.3) is 0 Å². The van der Waals surface area contributed by atoms with Crippen molar-refractivity contribution < 1.29 is 9.53 Å². The van der Waals surface area contributed by atoms with E-state index in [1.807, 2.05) is 48.1 Å². The van der Waals surface area contributed by atoms with E-state index < -0.39 is 0 Å². The largest absolute Gasteiger partial charge is 0.457 e.